The number of guanidine groups is 1. The summed E-state index contributed by atoms with van der Waals surface area (Å²) in [7, 11) is 1.80. The zero-order valence-corrected chi connectivity index (χ0v) is 14.7. The quantitative estimate of drug-likeness (QED) is 0.345. The lowest BCUT2D eigenvalue weighted by molar-refractivity contribution is 0.555. The van der Waals surface area contributed by atoms with E-state index in [1.807, 2.05) is 6.92 Å². The van der Waals surface area contributed by atoms with Gasteiger partial charge in [0.05, 0.1) is 5.69 Å². The predicted molar refractivity (Wildman–Crippen MR) is 91.4 cm³/mol. The minimum atomic E-state index is 0. The molecule has 110 valence electrons. The Labute approximate surface area is 133 Å². The maximum Gasteiger partial charge on any atom is 0.190 e. The molecule has 1 rings (SSSR count). The molecule has 6 heteroatoms. The zero-order valence-electron chi connectivity index (χ0n) is 12.4. The van der Waals surface area contributed by atoms with E-state index in [1.165, 1.54) is 5.69 Å². The monoisotopic (exact) mass is 379 g/mol. The van der Waals surface area contributed by atoms with Crippen LogP contribution in [-0.2, 0) is 6.54 Å². The number of hydrogen-bond acceptors (Lipinski definition) is 2. The summed E-state index contributed by atoms with van der Waals surface area (Å²) < 4.78 is 2.05. The molecule has 0 saturated heterocycles. The van der Waals surface area contributed by atoms with Crippen molar-refractivity contribution in [1.82, 2.24) is 20.4 Å². The molecule has 19 heavy (non-hydrogen) atoms. The Balaban J connectivity index is 0.00000324. The summed E-state index contributed by atoms with van der Waals surface area (Å²) in [4.78, 5) is 4.16. The molecule has 0 spiro atoms. The molecule has 0 aromatic carbocycles. The fourth-order valence-electron chi connectivity index (χ4n) is 1.80. The van der Waals surface area contributed by atoms with Gasteiger partial charge in [-0.3, -0.25) is 9.67 Å². The van der Waals surface area contributed by atoms with Gasteiger partial charge in [0.15, 0.2) is 5.96 Å². The number of nitrogens with one attached hydrogen (secondary N) is 2. The molecule has 0 aliphatic rings. The number of aryl methyl sites for hydroxylation is 3. The molecule has 0 unspecified atom stereocenters. The van der Waals surface area contributed by atoms with E-state index in [2.05, 4.69) is 45.3 Å². The van der Waals surface area contributed by atoms with Gasteiger partial charge in [0.25, 0.3) is 0 Å². The summed E-state index contributed by atoms with van der Waals surface area (Å²) in [6, 6.07) is 2.11. The number of aliphatic imine (C=N–C) groups is 1. The molecule has 1 aromatic rings. The lowest BCUT2D eigenvalue weighted by Crippen LogP contribution is -2.38. The van der Waals surface area contributed by atoms with E-state index in [0.29, 0.717) is 0 Å². The van der Waals surface area contributed by atoms with E-state index in [9.17, 15) is 0 Å². The maximum atomic E-state index is 4.44. The fraction of sp³-hybridized carbons (Fsp3) is 0.692. The van der Waals surface area contributed by atoms with Crippen LogP contribution in [0.25, 0.3) is 0 Å². The van der Waals surface area contributed by atoms with Gasteiger partial charge in [0.1, 0.15) is 0 Å². The van der Waals surface area contributed by atoms with Gasteiger partial charge in [-0.2, -0.15) is 5.10 Å². The maximum absolute atomic E-state index is 4.44. The first-order valence-electron chi connectivity index (χ1n) is 6.63. The van der Waals surface area contributed by atoms with Crippen molar-refractivity contribution in [1.29, 1.82) is 0 Å². The van der Waals surface area contributed by atoms with Crippen molar-refractivity contribution in [2.45, 2.75) is 40.2 Å². The molecule has 0 aliphatic carbocycles. The highest BCUT2D eigenvalue weighted by molar-refractivity contribution is 14.0. The first-order valence-corrected chi connectivity index (χ1v) is 6.63. The molecule has 0 fully saturated rings. The number of nitrogens with zero attached hydrogens (tertiary/aromatic N) is 3. The SMILES string of the molecule is CCCNC(=NC)NCCCn1nc(C)cc1C.I. The number of aromatic nitrogens is 2. The molecular weight excluding hydrogens is 353 g/mol. The molecule has 1 heterocycles. The third kappa shape index (κ3) is 6.79. The van der Waals surface area contributed by atoms with E-state index >= 15 is 0 Å². The minimum absolute atomic E-state index is 0. The number of rotatable bonds is 6. The smallest absolute Gasteiger partial charge is 0.190 e. The average Bonchev–Trinajstić information content (AvgIpc) is 2.67. The van der Waals surface area contributed by atoms with Gasteiger partial charge < -0.3 is 10.6 Å². The van der Waals surface area contributed by atoms with Crippen LogP contribution in [0, 0.1) is 13.8 Å². The van der Waals surface area contributed by atoms with Crippen molar-refractivity contribution in [2.75, 3.05) is 20.1 Å². The predicted octanol–water partition coefficient (Wildman–Crippen LogP) is 2.08. The number of halogens is 1. The Morgan fingerprint density at radius 2 is 2.00 bits per heavy atom. The molecule has 0 saturated carbocycles. The first-order chi connectivity index (χ1) is 8.67. The van der Waals surface area contributed by atoms with Gasteiger partial charge >= 0.3 is 0 Å². The normalized spacial score (nSPS) is 11.1. The molecule has 0 radical (unpaired) electrons. The van der Waals surface area contributed by atoms with Crippen LogP contribution in [0.3, 0.4) is 0 Å². The molecular formula is C13H26IN5. The van der Waals surface area contributed by atoms with Crippen LogP contribution in [0.1, 0.15) is 31.2 Å². The zero-order chi connectivity index (χ0) is 13.4. The molecule has 1 aromatic heterocycles. The van der Waals surface area contributed by atoms with Crippen LogP contribution in [0.4, 0.5) is 0 Å². The Morgan fingerprint density at radius 1 is 1.32 bits per heavy atom. The van der Waals surface area contributed by atoms with Crippen LogP contribution in [0.15, 0.2) is 11.1 Å². The fourth-order valence-corrected chi connectivity index (χ4v) is 1.80. The Morgan fingerprint density at radius 3 is 2.53 bits per heavy atom. The standard InChI is InChI=1S/C13H25N5.HI/c1-5-7-15-13(14-4)16-8-6-9-18-12(3)10-11(2)17-18;/h10H,5-9H2,1-4H3,(H2,14,15,16);1H. The van der Waals surface area contributed by atoms with E-state index in [-0.39, 0.29) is 24.0 Å². The molecule has 5 nitrogen and oxygen atoms in total. The van der Waals surface area contributed by atoms with Gasteiger partial charge in [0, 0.05) is 32.4 Å². The Bertz CT molecular complexity index is 386. The van der Waals surface area contributed by atoms with Crippen LogP contribution in [0.2, 0.25) is 0 Å². The molecule has 0 bridgehead atoms. The largest absolute Gasteiger partial charge is 0.356 e. The molecule has 2 N–H and O–H groups in total. The summed E-state index contributed by atoms with van der Waals surface area (Å²) in [6.45, 7) is 9.06. The van der Waals surface area contributed by atoms with E-state index in [0.717, 1.165) is 44.1 Å². The second-order valence-corrected chi connectivity index (χ2v) is 4.43. The third-order valence-electron chi connectivity index (χ3n) is 2.71. The lowest BCUT2D eigenvalue weighted by atomic mass is 10.4. The third-order valence-corrected chi connectivity index (χ3v) is 2.71. The van der Waals surface area contributed by atoms with Crippen LogP contribution >= 0.6 is 24.0 Å². The van der Waals surface area contributed by atoms with Crippen molar-refractivity contribution >= 4 is 29.9 Å². The number of hydrogen-bond donors (Lipinski definition) is 2. The topological polar surface area (TPSA) is 54.2 Å². The molecule has 0 atom stereocenters. The van der Waals surface area contributed by atoms with Crippen molar-refractivity contribution in [3.05, 3.63) is 17.5 Å². The Kier molecular flexibility index (Phi) is 9.63. The van der Waals surface area contributed by atoms with Gasteiger partial charge in [-0.15, -0.1) is 24.0 Å². The van der Waals surface area contributed by atoms with E-state index < -0.39 is 0 Å². The van der Waals surface area contributed by atoms with Crippen LogP contribution < -0.4 is 10.6 Å². The highest BCUT2D eigenvalue weighted by Crippen LogP contribution is 2.02. The molecule has 0 aliphatic heterocycles. The van der Waals surface area contributed by atoms with Gasteiger partial charge in [-0.1, -0.05) is 6.92 Å². The summed E-state index contributed by atoms with van der Waals surface area (Å²) in [5.74, 6) is 0.880. The van der Waals surface area contributed by atoms with Gasteiger partial charge in [-0.05, 0) is 32.8 Å². The van der Waals surface area contributed by atoms with Crippen molar-refractivity contribution in [3.63, 3.8) is 0 Å². The molecule has 0 amide bonds. The highest BCUT2D eigenvalue weighted by Gasteiger charge is 2.00. The van der Waals surface area contributed by atoms with Crippen molar-refractivity contribution < 1.29 is 0 Å². The van der Waals surface area contributed by atoms with E-state index in [1.54, 1.807) is 7.05 Å². The average molecular weight is 379 g/mol. The van der Waals surface area contributed by atoms with Crippen LogP contribution in [0.5, 0.6) is 0 Å². The van der Waals surface area contributed by atoms with Crippen LogP contribution in [-0.4, -0.2) is 35.9 Å². The van der Waals surface area contributed by atoms with Gasteiger partial charge in [-0.25, -0.2) is 0 Å². The lowest BCUT2D eigenvalue weighted by Gasteiger charge is -2.11. The Hall–Kier alpha value is -0.790. The summed E-state index contributed by atoms with van der Waals surface area (Å²) in [5, 5.41) is 11.0. The van der Waals surface area contributed by atoms with Crippen molar-refractivity contribution in [2.24, 2.45) is 4.99 Å². The first kappa shape index (κ1) is 18.2. The summed E-state index contributed by atoms with van der Waals surface area (Å²) >= 11 is 0. The van der Waals surface area contributed by atoms with Crippen molar-refractivity contribution in [3.8, 4) is 0 Å². The highest BCUT2D eigenvalue weighted by atomic mass is 127. The second-order valence-electron chi connectivity index (χ2n) is 4.43. The summed E-state index contributed by atoms with van der Waals surface area (Å²) in [5.41, 5.74) is 2.31. The minimum Gasteiger partial charge on any atom is -0.356 e. The van der Waals surface area contributed by atoms with Gasteiger partial charge in [0.2, 0.25) is 0 Å². The van der Waals surface area contributed by atoms with E-state index in [4.69, 9.17) is 0 Å². The summed E-state index contributed by atoms with van der Waals surface area (Å²) in [6.07, 6.45) is 2.14. The second kappa shape index (κ2) is 10.1.